The summed E-state index contributed by atoms with van der Waals surface area (Å²) in [7, 11) is 0. The Hall–Kier alpha value is -0.780. The molecule has 0 amide bonds. The van der Waals surface area contributed by atoms with E-state index >= 15 is 0 Å². The molecule has 0 aromatic rings. The number of carbonyl (C=O) groups is 2. The SMILES string of the molecule is CC(=O)CC1(O)C(=O)C2CCCNC2C2NCCCC21. The summed E-state index contributed by atoms with van der Waals surface area (Å²) in [4.78, 5) is 24.4. The summed E-state index contributed by atoms with van der Waals surface area (Å²) < 4.78 is 0. The van der Waals surface area contributed by atoms with Gasteiger partial charge >= 0.3 is 0 Å². The number of carbonyl (C=O) groups excluding carboxylic acids is 2. The van der Waals surface area contributed by atoms with Crippen LogP contribution >= 0.6 is 0 Å². The van der Waals surface area contributed by atoms with E-state index in [4.69, 9.17) is 0 Å². The molecule has 2 saturated heterocycles. The molecule has 0 aromatic heterocycles. The van der Waals surface area contributed by atoms with E-state index in [-0.39, 0.29) is 41.9 Å². The molecule has 3 fully saturated rings. The highest BCUT2D eigenvalue weighted by atomic mass is 16.3. The molecule has 0 aromatic carbocycles. The first-order valence-corrected chi connectivity index (χ1v) is 7.77. The zero-order valence-electron chi connectivity index (χ0n) is 12.0. The highest BCUT2D eigenvalue weighted by molar-refractivity contribution is 5.95. The van der Waals surface area contributed by atoms with E-state index < -0.39 is 5.60 Å². The van der Waals surface area contributed by atoms with E-state index in [2.05, 4.69) is 10.6 Å². The molecule has 5 nitrogen and oxygen atoms in total. The fourth-order valence-corrected chi connectivity index (χ4v) is 4.51. The van der Waals surface area contributed by atoms with Gasteiger partial charge in [-0.2, -0.15) is 0 Å². The summed E-state index contributed by atoms with van der Waals surface area (Å²) in [5, 5.41) is 18.0. The van der Waals surface area contributed by atoms with E-state index in [1.807, 2.05) is 0 Å². The number of Topliss-reactive ketones (excluding diaryl/α,β-unsaturated/α-hetero) is 2. The summed E-state index contributed by atoms with van der Waals surface area (Å²) in [5.41, 5.74) is -1.45. The van der Waals surface area contributed by atoms with Crippen molar-refractivity contribution >= 4 is 11.6 Å². The lowest BCUT2D eigenvalue weighted by molar-refractivity contribution is -0.166. The van der Waals surface area contributed by atoms with E-state index in [1.54, 1.807) is 0 Å². The van der Waals surface area contributed by atoms with Gasteiger partial charge in [0.2, 0.25) is 0 Å². The summed E-state index contributed by atoms with van der Waals surface area (Å²) in [6.45, 7) is 3.32. The average molecular weight is 280 g/mol. The fraction of sp³-hybridized carbons (Fsp3) is 0.867. The van der Waals surface area contributed by atoms with Gasteiger partial charge in [0.1, 0.15) is 11.4 Å². The first-order valence-electron chi connectivity index (χ1n) is 7.77. The molecule has 0 radical (unpaired) electrons. The Kier molecular flexibility index (Phi) is 3.69. The Morgan fingerprint density at radius 3 is 2.60 bits per heavy atom. The van der Waals surface area contributed by atoms with Crippen molar-refractivity contribution in [3.63, 3.8) is 0 Å². The molecule has 5 unspecified atom stereocenters. The Bertz CT molecular complexity index is 425. The molecular weight excluding hydrogens is 256 g/mol. The zero-order chi connectivity index (χ0) is 14.3. The normalized spacial score (nSPS) is 44.6. The lowest BCUT2D eigenvalue weighted by atomic mass is 9.59. The van der Waals surface area contributed by atoms with Gasteiger partial charge in [0.05, 0.1) is 0 Å². The molecule has 0 bridgehead atoms. The van der Waals surface area contributed by atoms with Crippen LogP contribution in [0.2, 0.25) is 0 Å². The van der Waals surface area contributed by atoms with Gasteiger partial charge in [0, 0.05) is 30.3 Å². The average Bonchev–Trinajstić information content (AvgIpc) is 2.45. The van der Waals surface area contributed by atoms with E-state index in [1.165, 1.54) is 6.92 Å². The van der Waals surface area contributed by atoms with E-state index in [9.17, 15) is 14.7 Å². The van der Waals surface area contributed by atoms with Crippen LogP contribution < -0.4 is 10.6 Å². The third kappa shape index (κ3) is 2.12. The van der Waals surface area contributed by atoms with Crippen molar-refractivity contribution in [2.75, 3.05) is 13.1 Å². The van der Waals surface area contributed by atoms with Crippen molar-refractivity contribution in [1.82, 2.24) is 10.6 Å². The summed E-state index contributed by atoms with van der Waals surface area (Å²) >= 11 is 0. The summed E-state index contributed by atoms with van der Waals surface area (Å²) in [6, 6.07) is 0.227. The van der Waals surface area contributed by atoms with E-state index in [0.29, 0.717) is 0 Å². The maximum absolute atomic E-state index is 12.8. The quantitative estimate of drug-likeness (QED) is 0.664. The molecule has 5 heteroatoms. The Labute approximate surface area is 119 Å². The minimum atomic E-state index is -1.45. The largest absolute Gasteiger partial charge is 0.381 e. The number of piperidine rings is 2. The van der Waals surface area contributed by atoms with E-state index in [0.717, 1.165) is 38.8 Å². The minimum Gasteiger partial charge on any atom is -0.381 e. The molecule has 1 saturated carbocycles. The first kappa shape index (κ1) is 14.2. The van der Waals surface area contributed by atoms with Gasteiger partial charge < -0.3 is 15.7 Å². The summed E-state index contributed by atoms with van der Waals surface area (Å²) in [5.74, 6) is -0.498. The molecular formula is C15H24N2O3. The lowest BCUT2D eigenvalue weighted by Gasteiger charge is -2.54. The van der Waals surface area contributed by atoms with Crippen LogP contribution in [0.3, 0.4) is 0 Å². The maximum Gasteiger partial charge on any atom is 0.169 e. The number of fused-ring (bicyclic) bond motifs is 3. The third-order valence-corrected chi connectivity index (χ3v) is 5.29. The molecule has 20 heavy (non-hydrogen) atoms. The Morgan fingerprint density at radius 1 is 1.25 bits per heavy atom. The highest BCUT2D eigenvalue weighted by Crippen LogP contribution is 2.43. The molecule has 112 valence electrons. The van der Waals surface area contributed by atoms with Crippen molar-refractivity contribution in [3.8, 4) is 0 Å². The van der Waals surface area contributed by atoms with Crippen LogP contribution in [0, 0.1) is 11.8 Å². The number of hydrogen-bond donors (Lipinski definition) is 3. The number of rotatable bonds is 2. The molecule has 3 aliphatic rings. The number of hydrogen-bond acceptors (Lipinski definition) is 5. The zero-order valence-corrected chi connectivity index (χ0v) is 12.0. The van der Waals surface area contributed by atoms with Gasteiger partial charge in [-0.3, -0.25) is 9.59 Å². The molecule has 1 aliphatic carbocycles. The molecule has 0 spiro atoms. The second-order valence-corrected chi connectivity index (χ2v) is 6.62. The molecule has 5 atom stereocenters. The molecule has 3 rings (SSSR count). The van der Waals surface area contributed by atoms with Gasteiger partial charge in [-0.25, -0.2) is 0 Å². The highest BCUT2D eigenvalue weighted by Gasteiger charge is 2.59. The van der Waals surface area contributed by atoms with Gasteiger partial charge in [-0.1, -0.05) is 0 Å². The van der Waals surface area contributed by atoms with Crippen molar-refractivity contribution in [3.05, 3.63) is 0 Å². The smallest absolute Gasteiger partial charge is 0.169 e. The summed E-state index contributed by atoms with van der Waals surface area (Å²) in [6.07, 6.45) is 3.52. The lowest BCUT2D eigenvalue weighted by Crippen LogP contribution is -2.72. The Balaban J connectivity index is 1.96. The van der Waals surface area contributed by atoms with Gasteiger partial charge in [0.15, 0.2) is 5.78 Å². The van der Waals surface area contributed by atoms with Crippen LogP contribution in [0.15, 0.2) is 0 Å². The van der Waals surface area contributed by atoms with Gasteiger partial charge in [-0.05, 0) is 45.7 Å². The predicted octanol–water partition coefficient (Wildman–Crippen LogP) is 0.0157. The number of aliphatic hydroxyl groups is 1. The van der Waals surface area contributed by atoms with Crippen LogP contribution in [0.5, 0.6) is 0 Å². The monoisotopic (exact) mass is 280 g/mol. The fourth-order valence-electron chi connectivity index (χ4n) is 4.51. The van der Waals surface area contributed by atoms with Crippen molar-refractivity contribution in [1.29, 1.82) is 0 Å². The van der Waals surface area contributed by atoms with Gasteiger partial charge in [-0.15, -0.1) is 0 Å². The van der Waals surface area contributed by atoms with Crippen LogP contribution in [0.4, 0.5) is 0 Å². The van der Waals surface area contributed by atoms with Crippen LogP contribution in [0.25, 0.3) is 0 Å². The van der Waals surface area contributed by atoms with Crippen molar-refractivity contribution < 1.29 is 14.7 Å². The van der Waals surface area contributed by atoms with Crippen LogP contribution in [0.1, 0.15) is 39.0 Å². The van der Waals surface area contributed by atoms with Crippen molar-refractivity contribution in [2.24, 2.45) is 11.8 Å². The first-order chi connectivity index (χ1) is 9.54. The molecule has 2 heterocycles. The Morgan fingerprint density at radius 2 is 1.90 bits per heavy atom. The maximum atomic E-state index is 12.8. The number of ketones is 2. The molecule has 2 aliphatic heterocycles. The van der Waals surface area contributed by atoms with Crippen molar-refractivity contribution in [2.45, 2.75) is 56.7 Å². The number of nitrogens with one attached hydrogen (secondary N) is 2. The molecule has 3 N–H and O–H groups in total. The minimum absolute atomic E-state index is 0.0299. The topological polar surface area (TPSA) is 78.4 Å². The standard InChI is InChI=1S/C15H24N2O3/c1-9(18)8-15(20)11-5-3-7-17-13(11)12-10(14(15)19)4-2-6-16-12/h10-13,16-17,20H,2-8H2,1H3. The second-order valence-electron chi connectivity index (χ2n) is 6.62. The van der Waals surface area contributed by atoms with Crippen LogP contribution in [-0.4, -0.2) is 47.4 Å². The third-order valence-electron chi connectivity index (χ3n) is 5.29. The second kappa shape index (κ2) is 5.20. The van der Waals surface area contributed by atoms with Crippen LogP contribution in [-0.2, 0) is 9.59 Å². The van der Waals surface area contributed by atoms with Gasteiger partial charge in [0.25, 0.3) is 0 Å². The predicted molar refractivity (Wildman–Crippen MR) is 74.3 cm³/mol.